The Morgan fingerprint density at radius 3 is 2.31 bits per heavy atom. The predicted molar refractivity (Wildman–Crippen MR) is 110 cm³/mol. The third-order valence-corrected chi connectivity index (χ3v) is 4.40. The van der Waals surface area contributed by atoms with Crippen LogP contribution in [0.4, 0.5) is 10.1 Å². The van der Waals surface area contributed by atoms with Crippen LogP contribution < -0.4 is 19.7 Å². The molecule has 0 bridgehead atoms. The third-order valence-electron chi connectivity index (χ3n) is 4.40. The van der Waals surface area contributed by atoms with Crippen LogP contribution >= 0.6 is 0 Å². The Bertz CT molecular complexity index is 837. The number of nitrogens with one attached hydrogen (secondary N) is 1. The summed E-state index contributed by atoms with van der Waals surface area (Å²) in [6, 6.07) is 11.1. The lowest BCUT2D eigenvalue weighted by Crippen LogP contribution is -2.37. The molecule has 7 heteroatoms. The molecular weight excluding hydrogens is 375 g/mol. The first-order chi connectivity index (χ1) is 13.9. The minimum Gasteiger partial charge on any atom is -0.497 e. The summed E-state index contributed by atoms with van der Waals surface area (Å²) in [5.41, 5.74) is 1.00. The maximum Gasteiger partial charge on any atom is 0.251 e. The quantitative estimate of drug-likeness (QED) is 0.648. The standard InChI is InChI=1S/C22H27FN2O4/c1-15(2)25(17-9-12-20(29-4)19(23)14-17)21(26)6-5-13-24-22(27)16-7-10-18(28-3)11-8-16/h7-12,14-15H,5-6,13H2,1-4H3,(H,24,27). The average Bonchev–Trinajstić information content (AvgIpc) is 2.71. The molecule has 0 unspecified atom stereocenters. The van der Waals surface area contributed by atoms with Crippen molar-refractivity contribution in [1.29, 1.82) is 0 Å². The molecule has 0 heterocycles. The van der Waals surface area contributed by atoms with Crippen LogP contribution in [0.2, 0.25) is 0 Å². The molecule has 0 spiro atoms. The Hall–Kier alpha value is -3.09. The molecule has 0 saturated carbocycles. The number of nitrogens with zero attached hydrogens (tertiary/aromatic N) is 1. The maximum absolute atomic E-state index is 14.0. The van der Waals surface area contributed by atoms with Crippen molar-refractivity contribution in [3.8, 4) is 11.5 Å². The molecule has 0 saturated heterocycles. The highest BCUT2D eigenvalue weighted by Crippen LogP contribution is 2.25. The molecule has 0 atom stereocenters. The summed E-state index contributed by atoms with van der Waals surface area (Å²) in [7, 11) is 2.95. The van der Waals surface area contributed by atoms with E-state index in [1.54, 1.807) is 42.3 Å². The van der Waals surface area contributed by atoms with Gasteiger partial charge in [0, 0.05) is 36.3 Å². The summed E-state index contributed by atoms with van der Waals surface area (Å²) in [5, 5.41) is 2.80. The fourth-order valence-corrected chi connectivity index (χ4v) is 2.94. The SMILES string of the molecule is COc1ccc(C(=O)NCCCC(=O)N(c2ccc(OC)c(F)c2)C(C)C)cc1. The van der Waals surface area contributed by atoms with Crippen molar-refractivity contribution in [2.75, 3.05) is 25.7 Å². The Morgan fingerprint density at radius 1 is 1.07 bits per heavy atom. The second kappa shape index (κ2) is 10.5. The van der Waals surface area contributed by atoms with E-state index >= 15 is 0 Å². The van der Waals surface area contributed by atoms with E-state index in [1.807, 2.05) is 13.8 Å². The first-order valence-corrected chi connectivity index (χ1v) is 9.45. The number of hydrogen-bond donors (Lipinski definition) is 1. The van der Waals surface area contributed by atoms with Crippen LogP contribution in [0.5, 0.6) is 11.5 Å². The van der Waals surface area contributed by atoms with Crippen LogP contribution in [-0.4, -0.2) is 38.6 Å². The molecule has 2 rings (SSSR count). The van der Waals surface area contributed by atoms with Gasteiger partial charge in [0.15, 0.2) is 11.6 Å². The highest BCUT2D eigenvalue weighted by Gasteiger charge is 2.20. The molecule has 29 heavy (non-hydrogen) atoms. The second-order valence-corrected chi connectivity index (χ2v) is 6.76. The molecule has 1 N–H and O–H groups in total. The lowest BCUT2D eigenvalue weighted by atomic mass is 10.1. The van der Waals surface area contributed by atoms with Gasteiger partial charge in [0.1, 0.15) is 5.75 Å². The summed E-state index contributed by atoms with van der Waals surface area (Å²) in [5.74, 6) is -0.0569. The van der Waals surface area contributed by atoms with Crippen LogP contribution in [0.1, 0.15) is 37.0 Å². The largest absolute Gasteiger partial charge is 0.497 e. The summed E-state index contributed by atoms with van der Waals surface area (Å²) in [6.07, 6.45) is 0.706. The molecule has 0 aliphatic carbocycles. The number of ether oxygens (including phenoxy) is 2. The van der Waals surface area contributed by atoms with Gasteiger partial charge in [-0.1, -0.05) is 0 Å². The number of halogens is 1. The molecule has 6 nitrogen and oxygen atoms in total. The first kappa shape index (κ1) is 22.2. The minimum atomic E-state index is -0.518. The van der Waals surface area contributed by atoms with Crippen molar-refractivity contribution >= 4 is 17.5 Å². The Balaban J connectivity index is 1.90. The Morgan fingerprint density at radius 2 is 1.76 bits per heavy atom. The van der Waals surface area contributed by atoms with Crippen molar-refractivity contribution in [2.45, 2.75) is 32.7 Å². The van der Waals surface area contributed by atoms with Crippen molar-refractivity contribution < 1.29 is 23.5 Å². The van der Waals surface area contributed by atoms with Crippen molar-refractivity contribution in [3.05, 3.63) is 53.8 Å². The fraction of sp³-hybridized carbons (Fsp3) is 0.364. The number of hydrogen-bond acceptors (Lipinski definition) is 4. The van der Waals surface area contributed by atoms with Crippen LogP contribution in [0.15, 0.2) is 42.5 Å². The average molecular weight is 402 g/mol. The molecule has 0 aliphatic rings. The van der Waals surface area contributed by atoms with Gasteiger partial charge in [-0.2, -0.15) is 0 Å². The Kier molecular flexibility index (Phi) is 8.00. The van der Waals surface area contributed by atoms with Crippen molar-refractivity contribution in [3.63, 3.8) is 0 Å². The van der Waals surface area contributed by atoms with Gasteiger partial charge in [-0.25, -0.2) is 4.39 Å². The van der Waals surface area contributed by atoms with Crippen LogP contribution in [-0.2, 0) is 4.79 Å². The highest BCUT2D eigenvalue weighted by atomic mass is 19.1. The number of carbonyl (C=O) groups is 2. The number of anilines is 1. The lowest BCUT2D eigenvalue weighted by molar-refractivity contribution is -0.119. The molecule has 0 aliphatic heterocycles. The van der Waals surface area contributed by atoms with E-state index in [9.17, 15) is 14.0 Å². The summed E-state index contributed by atoms with van der Waals surface area (Å²) < 4.78 is 24.0. The van der Waals surface area contributed by atoms with Gasteiger partial charge in [0.05, 0.1) is 14.2 Å². The van der Waals surface area contributed by atoms with Crippen molar-refractivity contribution in [1.82, 2.24) is 5.32 Å². The van der Waals surface area contributed by atoms with Gasteiger partial charge in [0.2, 0.25) is 5.91 Å². The van der Waals surface area contributed by atoms with E-state index in [4.69, 9.17) is 9.47 Å². The Labute approximate surface area is 170 Å². The molecule has 0 fully saturated rings. The molecule has 2 amide bonds. The lowest BCUT2D eigenvalue weighted by Gasteiger charge is -2.27. The van der Waals surface area contributed by atoms with Crippen LogP contribution in [0.3, 0.4) is 0 Å². The summed E-state index contributed by atoms with van der Waals surface area (Å²) in [6.45, 7) is 4.09. The maximum atomic E-state index is 14.0. The van der Waals surface area contributed by atoms with E-state index in [-0.39, 0.29) is 30.0 Å². The van der Waals surface area contributed by atoms with Gasteiger partial charge >= 0.3 is 0 Å². The zero-order valence-electron chi connectivity index (χ0n) is 17.2. The predicted octanol–water partition coefficient (Wildman–Crippen LogP) is 3.79. The van der Waals surface area contributed by atoms with E-state index in [0.29, 0.717) is 30.0 Å². The second-order valence-electron chi connectivity index (χ2n) is 6.76. The topological polar surface area (TPSA) is 67.9 Å². The van der Waals surface area contributed by atoms with Crippen molar-refractivity contribution in [2.24, 2.45) is 0 Å². The molecular formula is C22H27FN2O4. The van der Waals surface area contributed by atoms with E-state index in [0.717, 1.165) is 0 Å². The summed E-state index contributed by atoms with van der Waals surface area (Å²) in [4.78, 5) is 26.4. The number of carbonyl (C=O) groups excluding carboxylic acids is 2. The molecule has 0 radical (unpaired) electrons. The third kappa shape index (κ3) is 5.94. The zero-order chi connectivity index (χ0) is 21.4. The van der Waals surface area contributed by atoms with Crippen LogP contribution in [0.25, 0.3) is 0 Å². The van der Waals surface area contributed by atoms with Crippen LogP contribution in [0, 0.1) is 5.82 Å². The fourth-order valence-electron chi connectivity index (χ4n) is 2.94. The minimum absolute atomic E-state index is 0.131. The molecule has 0 aromatic heterocycles. The number of benzene rings is 2. The highest BCUT2D eigenvalue weighted by molar-refractivity contribution is 5.95. The smallest absolute Gasteiger partial charge is 0.251 e. The van der Waals surface area contributed by atoms with E-state index in [1.165, 1.54) is 19.2 Å². The monoisotopic (exact) mass is 402 g/mol. The van der Waals surface area contributed by atoms with E-state index < -0.39 is 5.82 Å². The molecule has 156 valence electrons. The zero-order valence-corrected chi connectivity index (χ0v) is 17.2. The number of amides is 2. The summed E-state index contributed by atoms with van der Waals surface area (Å²) >= 11 is 0. The number of rotatable bonds is 9. The van der Waals surface area contributed by atoms with E-state index in [2.05, 4.69) is 5.32 Å². The van der Waals surface area contributed by atoms with Gasteiger partial charge in [-0.05, 0) is 56.7 Å². The molecule has 2 aromatic carbocycles. The normalized spacial score (nSPS) is 10.6. The van der Waals surface area contributed by atoms with Gasteiger partial charge in [-0.3, -0.25) is 9.59 Å². The molecule has 2 aromatic rings. The number of methoxy groups -OCH3 is 2. The van der Waals surface area contributed by atoms with Gasteiger partial charge in [-0.15, -0.1) is 0 Å². The van der Waals surface area contributed by atoms with Gasteiger partial charge < -0.3 is 19.7 Å². The van der Waals surface area contributed by atoms with Gasteiger partial charge in [0.25, 0.3) is 5.91 Å². The first-order valence-electron chi connectivity index (χ1n) is 9.45.